The third-order valence-corrected chi connectivity index (χ3v) is 2.43. The molecule has 0 bridgehead atoms. The van der Waals surface area contributed by atoms with Gasteiger partial charge in [0.25, 0.3) is 0 Å². The summed E-state index contributed by atoms with van der Waals surface area (Å²) in [6, 6.07) is 3.73. The SMILES string of the molecule is C#CC/C(C)=C(\C=C/CC#N)Nc1cc(OC)ncn1. The number of nitriles is 1. The van der Waals surface area contributed by atoms with Gasteiger partial charge in [0.15, 0.2) is 0 Å². The van der Waals surface area contributed by atoms with Crippen LogP contribution in [0.2, 0.25) is 0 Å². The minimum absolute atomic E-state index is 0.335. The molecule has 5 nitrogen and oxygen atoms in total. The summed E-state index contributed by atoms with van der Waals surface area (Å²) >= 11 is 0. The Kier molecular flexibility index (Phi) is 6.36. The van der Waals surface area contributed by atoms with Gasteiger partial charge in [0.05, 0.1) is 19.6 Å². The summed E-state index contributed by atoms with van der Waals surface area (Å²) in [4.78, 5) is 8.05. The molecule has 0 atom stereocenters. The molecule has 0 unspecified atom stereocenters. The summed E-state index contributed by atoms with van der Waals surface area (Å²) in [5.74, 6) is 3.66. The van der Waals surface area contributed by atoms with Gasteiger partial charge >= 0.3 is 0 Å². The molecule has 5 heteroatoms. The number of hydrogen-bond acceptors (Lipinski definition) is 5. The highest BCUT2D eigenvalue weighted by atomic mass is 16.5. The minimum atomic E-state index is 0.335. The van der Waals surface area contributed by atoms with Crippen molar-refractivity contribution in [1.82, 2.24) is 9.97 Å². The number of aromatic nitrogens is 2. The molecule has 0 aliphatic heterocycles. The fourth-order valence-corrected chi connectivity index (χ4v) is 1.43. The lowest BCUT2D eigenvalue weighted by molar-refractivity contribution is 0.397. The van der Waals surface area contributed by atoms with Gasteiger partial charge in [-0.1, -0.05) is 6.08 Å². The third-order valence-electron chi connectivity index (χ3n) is 2.43. The Balaban J connectivity index is 2.97. The van der Waals surface area contributed by atoms with Gasteiger partial charge in [0, 0.05) is 18.2 Å². The van der Waals surface area contributed by atoms with Crippen LogP contribution in [-0.4, -0.2) is 17.1 Å². The van der Waals surface area contributed by atoms with E-state index in [4.69, 9.17) is 16.4 Å². The molecule has 0 amide bonds. The average Bonchev–Trinajstić information content (AvgIpc) is 2.47. The van der Waals surface area contributed by atoms with Crippen molar-refractivity contribution < 1.29 is 4.74 Å². The van der Waals surface area contributed by atoms with Crippen LogP contribution in [0.5, 0.6) is 5.88 Å². The lowest BCUT2D eigenvalue weighted by atomic mass is 10.1. The highest BCUT2D eigenvalue weighted by molar-refractivity contribution is 5.48. The van der Waals surface area contributed by atoms with E-state index in [2.05, 4.69) is 27.3 Å². The zero-order valence-corrected chi connectivity index (χ0v) is 11.6. The smallest absolute Gasteiger partial charge is 0.218 e. The Morgan fingerprint density at radius 2 is 2.35 bits per heavy atom. The van der Waals surface area contributed by atoms with Crippen LogP contribution in [0.15, 0.2) is 35.8 Å². The first-order valence-electron chi connectivity index (χ1n) is 6.01. The standard InChI is InChI=1S/C15H16N4O/c1-4-7-12(2)13(8-5-6-9-16)19-14-10-15(20-3)18-11-17-14/h1,5,8,10-11H,6-7H2,2-3H3,(H,17,18,19)/b8-5-,13-12+. The van der Waals surface area contributed by atoms with Crippen LogP contribution in [0.3, 0.4) is 0 Å². The number of hydrogen-bond donors (Lipinski definition) is 1. The lowest BCUT2D eigenvalue weighted by Gasteiger charge is -2.10. The van der Waals surface area contributed by atoms with Crippen LogP contribution in [0.1, 0.15) is 19.8 Å². The van der Waals surface area contributed by atoms with Gasteiger partial charge in [-0.05, 0) is 18.6 Å². The summed E-state index contributed by atoms with van der Waals surface area (Å²) in [6.07, 6.45) is 11.2. The monoisotopic (exact) mass is 268 g/mol. The summed E-state index contributed by atoms with van der Waals surface area (Å²) in [6.45, 7) is 1.93. The number of ether oxygens (including phenoxy) is 1. The zero-order chi connectivity index (χ0) is 14.8. The van der Waals surface area contributed by atoms with Gasteiger partial charge in [0.1, 0.15) is 12.1 Å². The van der Waals surface area contributed by atoms with Crippen LogP contribution in [-0.2, 0) is 0 Å². The molecule has 1 heterocycles. The van der Waals surface area contributed by atoms with Crippen molar-refractivity contribution in [3.8, 4) is 24.3 Å². The van der Waals surface area contributed by atoms with Gasteiger partial charge in [-0.3, -0.25) is 0 Å². The quantitative estimate of drug-likeness (QED) is 0.634. The van der Waals surface area contributed by atoms with E-state index in [1.807, 2.05) is 13.0 Å². The minimum Gasteiger partial charge on any atom is -0.481 e. The summed E-state index contributed by atoms with van der Waals surface area (Å²) in [7, 11) is 1.54. The van der Waals surface area contributed by atoms with Crippen LogP contribution in [0.25, 0.3) is 0 Å². The summed E-state index contributed by atoms with van der Waals surface area (Å²) in [5.41, 5.74) is 1.80. The molecule has 1 aromatic rings. The highest BCUT2D eigenvalue weighted by Crippen LogP contribution is 2.16. The van der Waals surface area contributed by atoms with Crippen LogP contribution >= 0.6 is 0 Å². The van der Waals surface area contributed by atoms with Crippen molar-refractivity contribution in [2.45, 2.75) is 19.8 Å². The first-order valence-corrected chi connectivity index (χ1v) is 6.01. The molecule has 20 heavy (non-hydrogen) atoms. The molecule has 102 valence electrons. The van der Waals surface area contributed by atoms with Crippen molar-refractivity contribution in [3.05, 3.63) is 35.8 Å². The van der Waals surface area contributed by atoms with Crippen LogP contribution in [0, 0.1) is 23.7 Å². The Morgan fingerprint density at radius 3 is 3.00 bits per heavy atom. The van der Waals surface area contributed by atoms with Crippen molar-refractivity contribution >= 4 is 5.82 Å². The number of anilines is 1. The van der Waals surface area contributed by atoms with E-state index < -0.39 is 0 Å². The van der Waals surface area contributed by atoms with E-state index in [-0.39, 0.29) is 0 Å². The third kappa shape index (κ3) is 4.83. The molecule has 0 saturated carbocycles. The molecule has 0 aliphatic carbocycles. The van der Waals surface area contributed by atoms with Gasteiger partial charge in [-0.2, -0.15) is 5.26 Å². The Morgan fingerprint density at radius 1 is 1.55 bits per heavy atom. The molecule has 1 aromatic heterocycles. The second kappa shape index (κ2) is 8.34. The van der Waals surface area contributed by atoms with Gasteiger partial charge in [-0.25, -0.2) is 9.97 Å². The van der Waals surface area contributed by atoms with E-state index in [0.717, 1.165) is 11.3 Å². The number of allylic oxidation sites excluding steroid dienone is 3. The molecule has 0 radical (unpaired) electrons. The Bertz CT molecular complexity index is 591. The van der Waals surface area contributed by atoms with Crippen molar-refractivity contribution in [3.63, 3.8) is 0 Å². The Hall–Kier alpha value is -2.79. The topological polar surface area (TPSA) is 70.8 Å². The van der Waals surface area contributed by atoms with Gasteiger partial charge in [-0.15, -0.1) is 12.3 Å². The van der Waals surface area contributed by atoms with Gasteiger partial charge < -0.3 is 10.1 Å². The molecule has 0 aliphatic rings. The lowest BCUT2D eigenvalue weighted by Crippen LogP contribution is -2.03. The van der Waals surface area contributed by atoms with E-state index in [1.54, 1.807) is 19.3 Å². The van der Waals surface area contributed by atoms with Crippen LogP contribution < -0.4 is 10.1 Å². The maximum absolute atomic E-state index is 8.57. The maximum Gasteiger partial charge on any atom is 0.218 e. The summed E-state index contributed by atoms with van der Waals surface area (Å²) < 4.78 is 5.04. The first kappa shape index (κ1) is 15.3. The van der Waals surface area contributed by atoms with E-state index in [1.165, 1.54) is 6.33 Å². The van der Waals surface area contributed by atoms with Crippen molar-refractivity contribution in [2.24, 2.45) is 0 Å². The van der Waals surface area contributed by atoms with Gasteiger partial charge in [0.2, 0.25) is 5.88 Å². The molecule has 0 aromatic carbocycles. The molecule has 0 saturated heterocycles. The molecule has 0 spiro atoms. The molecular formula is C15H16N4O. The second-order valence-corrected chi connectivity index (χ2v) is 3.91. The predicted octanol–water partition coefficient (Wildman–Crippen LogP) is 2.66. The molecule has 1 N–H and O–H groups in total. The van der Waals surface area contributed by atoms with Crippen molar-refractivity contribution in [2.75, 3.05) is 12.4 Å². The number of nitrogens with one attached hydrogen (secondary N) is 1. The Labute approximate surface area is 119 Å². The fourth-order valence-electron chi connectivity index (χ4n) is 1.43. The molecule has 1 rings (SSSR count). The molecular weight excluding hydrogens is 252 g/mol. The predicted molar refractivity (Wildman–Crippen MR) is 77.7 cm³/mol. The highest BCUT2D eigenvalue weighted by Gasteiger charge is 2.03. The normalized spacial score (nSPS) is 11.4. The number of methoxy groups -OCH3 is 1. The van der Waals surface area contributed by atoms with Crippen LogP contribution in [0.4, 0.5) is 5.82 Å². The average molecular weight is 268 g/mol. The zero-order valence-electron chi connectivity index (χ0n) is 11.6. The number of nitrogens with zero attached hydrogens (tertiary/aromatic N) is 3. The number of rotatable bonds is 6. The first-order chi connectivity index (χ1) is 9.71. The molecule has 0 fully saturated rings. The second-order valence-electron chi connectivity index (χ2n) is 3.91. The fraction of sp³-hybridized carbons (Fsp3) is 0.267. The van der Waals surface area contributed by atoms with E-state index in [0.29, 0.717) is 24.5 Å². The largest absolute Gasteiger partial charge is 0.481 e. The van der Waals surface area contributed by atoms with E-state index in [9.17, 15) is 0 Å². The number of terminal acetylenes is 1. The maximum atomic E-state index is 8.57. The summed E-state index contributed by atoms with van der Waals surface area (Å²) in [5, 5.41) is 11.7. The van der Waals surface area contributed by atoms with Crippen molar-refractivity contribution in [1.29, 1.82) is 5.26 Å². The van der Waals surface area contributed by atoms with E-state index >= 15 is 0 Å².